The Balaban J connectivity index is 1.13. The van der Waals surface area contributed by atoms with Gasteiger partial charge in [-0.15, -0.1) is 0 Å². The number of benzene rings is 2. The van der Waals surface area contributed by atoms with Gasteiger partial charge >= 0.3 is 0 Å². The summed E-state index contributed by atoms with van der Waals surface area (Å²) in [5, 5.41) is 12.9. The summed E-state index contributed by atoms with van der Waals surface area (Å²) in [6.07, 6.45) is 0.832. The Bertz CT molecular complexity index is 1170. The number of rotatable bonds is 4. The van der Waals surface area contributed by atoms with Crippen molar-refractivity contribution >= 4 is 28.7 Å². The molecule has 0 atom stereocenters. The van der Waals surface area contributed by atoms with E-state index < -0.39 is 5.60 Å². The van der Waals surface area contributed by atoms with Crippen LogP contribution in [0.2, 0.25) is 0 Å². The second-order valence-electron chi connectivity index (χ2n) is 9.01. The molecule has 3 aromatic rings. The number of anilines is 2. The molecule has 4 heterocycles. The van der Waals surface area contributed by atoms with Crippen molar-refractivity contribution in [3.05, 3.63) is 47.5 Å². The number of hydrogen-bond donors (Lipinski definition) is 2. The van der Waals surface area contributed by atoms with Crippen molar-refractivity contribution in [3.8, 4) is 5.75 Å². The molecular weight excluding hydrogens is 396 g/mol. The number of aromatic nitrogens is 1. The molecule has 2 saturated heterocycles. The van der Waals surface area contributed by atoms with E-state index >= 15 is 0 Å². The molecule has 0 bridgehead atoms. The second kappa shape index (κ2) is 6.70. The van der Waals surface area contributed by atoms with Gasteiger partial charge in [0.2, 0.25) is 0 Å². The van der Waals surface area contributed by atoms with Gasteiger partial charge in [-0.25, -0.2) is 0 Å². The third kappa shape index (κ3) is 3.32. The number of amides is 1. The molecule has 160 valence electrons. The van der Waals surface area contributed by atoms with E-state index in [0.29, 0.717) is 41.0 Å². The van der Waals surface area contributed by atoms with Crippen LogP contribution in [0.5, 0.6) is 5.75 Å². The zero-order valence-corrected chi connectivity index (χ0v) is 17.3. The van der Waals surface area contributed by atoms with Gasteiger partial charge < -0.3 is 24.5 Å². The molecule has 0 saturated carbocycles. The number of oxazole rings is 1. The lowest BCUT2D eigenvalue weighted by Gasteiger charge is -2.53. The monoisotopic (exact) mass is 420 g/mol. The Kier molecular flexibility index (Phi) is 4.03. The smallest absolute Gasteiger partial charge is 0.298 e. The number of likely N-dealkylation sites (tertiary alicyclic amines) is 1. The molecule has 8 heteroatoms. The number of ether oxygens (including phenoxy) is 1. The van der Waals surface area contributed by atoms with Gasteiger partial charge in [-0.05, 0) is 48.9 Å². The van der Waals surface area contributed by atoms with Gasteiger partial charge in [0.05, 0.1) is 12.2 Å². The average molecular weight is 420 g/mol. The first-order valence-corrected chi connectivity index (χ1v) is 10.6. The lowest BCUT2D eigenvalue weighted by Crippen LogP contribution is -2.70. The van der Waals surface area contributed by atoms with E-state index in [1.165, 1.54) is 0 Å². The predicted octanol–water partition coefficient (Wildman–Crippen LogP) is 2.27. The number of carbonyl (C=O) groups is 1. The normalized spacial score (nSPS) is 20.1. The lowest BCUT2D eigenvalue weighted by atomic mass is 9.92. The SMILES string of the molecule is CC1(O)CN(C2CN(c3nc4cc(NC(=O)c5ccc6c(c5)CCO6)ccc4o3)C2)C1. The molecule has 0 radical (unpaired) electrons. The molecular formula is C23H24N4O4. The Hall–Kier alpha value is -3.10. The van der Waals surface area contributed by atoms with Crippen molar-refractivity contribution in [2.45, 2.75) is 25.0 Å². The predicted molar refractivity (Wildman–Crippen MR) is 116 cm³/mol. The number of nitrogens with one attached hydrogen (secondary N) is 1. The number of aliphatic hydroxyl groups is 1. The number of fused-ring (bicyclic) bond motifs is 2. The molecule has 0 unspecified atom stereocenters. The Morgan fingerprint density at radius 2 is 2.06 bits per heavy atom. The van der Waals surface area contributed by atoms with Crippen molar-refractivity contribution in [1.82, 2.24) is 9.88 Å². The van der Waals surface area contributed by atoms with Crippen LogP contribution in [0, 0.1) is 0 Å². The number of carbonyl (C=O) groups excluding carboxylic acids is 1. The van der Waals surface area contributed by atoms with Crippen molar-refractivity contribution in [2.75, 3.05) is 43.0 Å². The molecule has 6 rings (SSSR count). The Morgan fingerprint density at radius 1 is 1.23 bits per heavy atom. The summed E-state index contributed by atoms with van der Waals surface area (Å²) in [7, 11) is 0. The van der Waals surface area contributed by atoms with E-state index in [0.717, 1.165) is 43.9 Å². The summed E-state index contributed by atoms with van der Waals surface area (Å²) in [5.74, 6) is 0.703. The van der Waals surface area contributed by atoms with Gasteiger partial charge in [0, 0.05) is 49.9 Å². The van der Waals surface area contributed by atoms with Crippen LogP contribution < -0.4 is 15.0 Å². The zero-order valence-electron chi connectivity index (χ0n) is 17.3. The van der Waals surface area contributed by atoms with Gasteiger partial charge in [-0.2, -0.15) is 4.98 Å². The lowest BCUT2D eigenvalue weighted by molar-refractivity contribution is -0.106. The van der Waals surface area contributed by atoms with Crippen LogP contribution in [-0.2, 0) is 6.42 Å². The van der Waals surface area contributed by atoms with Crippen LogP contribution in [0.3, 0.4) is 0 Å². The summed E-state index contributed by atoms with van der Waals surface area (Å²) in [4.78, 5) is 21.7. The fraction of sp³-hybridized carbons (Fsp3) is 0.391. The standard InChI is InChI=1S/C23H24N4O4/c1-23(29)12-27(13-23)17-10-26(11-17)22-25-18-9-16(3-5-20(18)31-22)24-21(28)15-2-4-19-14(8-15)6-7-30-19/h2-5,8-9,17,29H,6-7,10-13H2,1H3,(H,24,28). The number of hydrogen-bond acceptors (Lipinski definition) is 7. The molecule has 2 fully saturated rings. The highest BCUT2D eigenvalue weighted by molar-refractivity contribution is 6.05. The molecule has 8 nitrogen and oxygen atoms in total. The maximum Gasteiger partial charge on any atom is 0.298 e. The molecule has 3 aliphatic heterocycles. The molecule has 1 aromatic heterocycles. The summed E-state index contributed by atoms with van der Waals surface area (Å²) >= 11 is 0. The van der Waals surface area contributed by atoms with Crippen LogP contribution in [0.1, 0.15) is 22.8 Å². The van der Waals surface area contributed by atoms with Crippen LogP contribution in [0.4, 0.5) is 11.7 Å². The van der Waals surface area contributed by atoms with Crippen LogP contribution >= 0.6 is 0 Å². The van der Waals surface area contributed by atoms with Gasteiger partial charge in [0.25, 0.3) is 11.9 Å². The van der Waals surface area contributed by atoms with Crippen LogP contribution in [0.15, 0.2) is 40.8 Å². The van der Waals surface area contributed by atoms with E-state index in [2.05, 4.69) is 20.1 Å². The van der Waals surface area contributed by atoms with Crippen molar-refractivity contribution in [1.29, 1.82) is 0 Å². The fourth-order valence-corrected chi connectivity index (χ4v) is 4.59. The first-order valence-electron chi connectivity index (χ1n) is 10.6. The molecule has 3 aliphatic rings. The van der Waals surface area contributed by atoms with E-state index in [1.54, 1.807) is 6.07 Å². The number of nitrogens with zero attached hydrogens (tertiary/aromatic N) is 3. The molecule has 0 aliphatic carbocycles. The van der Waals surface area contributed by atoms with Crippen molar-refractivity contribution in [2.24, 2.45) is 0 Å². The zero-order chi connectivity index (χ0) is 21.2. The molecule has 2 N–H and O–H groups in total. The molecule has 2 aromatic carbocycles. The maximum atomic E-state index is 12.7. The highest BCUT2D eigenvalue weighted by atomic mass is 16.5. The first-order chi connectivity index (χ1) is 14.9. The van der Waals surface area contributed by atoms with Crippen LogP contribution in [-0.4, -0.2) is 65.3 Å². The average Bonchev–Trinajstić information content (AvgIpc) is 3.30. The largest absolute Gasteiger partial charge is 0.493 e. The third-order valence-electron chi connectivity index (χ3n) is 6.32. The van der Waals surface area contributed by atoms with E-state index in [-0.39, 0.29) is 5.91 Å². The highest BCUT2D eigenvalue weighted by Gasteiger charge is 2.45. The van der Waals surface area contributed by atoms with E-state index in [4.69, 9.17) is 9.15 Å². The Labute approximate surface area is 179 Å². The minimum absolute atomic E-state index is 0.159. The van der Waals surface area contributed by atoms with Crippen LogP contribution in [0.25, 0.3) is 11.1 Å². The summed E-state index contributed by atoms with van der Waals surface area (Å²) < 4.78 is 11.4. The van der Waals surface area contributed by atoms with Crippen molar-refractivity contribution < 1.29 is 19.1 Å². The maximum absolute atomic E-state index is 12.7. The molecule has 0 spiro atoms. The van der Waals surface area contributed by atoms with Gasteiger partial charge in [0.15, 0.2) is 5.58 Å². The molecule has 1 amide bonds. The highest BCUT2D eigenvalue weighted by Crippen LogP contribution is 2.32. The van der Waals surface area contributed by atoms with Gasteiger partial charge in [0.1, 0.15) is 11.3 Å². The van der Waals surface area contributed by atoms with Gasteiger partial charge in [-0.3, -0.25) is 9.69 Å². The third-order valence-corrected chi connectivity index (χ3v) is 6.32. The summed E-state index contributed by atoms with van der Waals surface area (Å²) in [6.45, 7) is 5.67. The summed E-state index contributed by atoms with van der Waals surface area (Å²) in [5.41, 5.74) is 3.22. The second-order valence-corrected chi connectivity index (χ2v) is 9.01. The summed E-state index contributed by atoms with van der Waals surface area (Å²) in [6, 6.07) is 12.1. The van der Waals surface area contributed by atoms with E-state index in [1.807, 2.05) is 37.3 Å². The van der Waals surface area contributed by atoms with Gasteiger partial charge in [-0.1, -0.05) is 0 Å². The first kappa shape index (κ1) is 18.7. The minimum Gasteiger partial charge on any atom is -0.493 e. The molecule has 31 heavy (non-hydrogen) atoms. The fourth-order valence-electron chi connectivity index (χ4n) is 4.59. The van der Waals surface area contributed by atoms with E-state index in [9.17, 15) is 9.90 Å². The minimum atomic E-state index is -0.549. The van der Waals surface area contributed by atoms with Crippen molar-refractivity contribution in [3.63, 3.8) is 0 Å². The number of β-amino-alcohol motifs (C(OH)–C–C–N with tert-alkyl or cyclic N) is 1. The Morgan fingerprint density at radius 3 is 2.87 bits per heavy atom. The topological polar surface area (TPSA) is 91.1 Å². The quantitative estimate of drug-likeness (QED) is 0.669.